The van der Waals surface area contributed by atoms with Crippen LogP contribution in [-0.2, 0) is 0 Å². The number of hydrazone groups is 1. The number of benzene rings is 3. The van der Waals surface area contributed by atoms with E-state index in [1.54, 1.807) is 18.3 Å². The Bertz CT molecular complexity index is 1110. The Hall–Kier alpha value is -2.62. The highest BCUT2D eigenvalue weighted by atomic mass is 35.5. The van der Waals surface area contributed by atoms with Crippen LogP contribution in [-0.4, -0.2) is 11.2 Å². The summed E-state index contributed by atoms with van der Waals surface area (Å²) in [6, 6.07) is 21.5. The van der Waals surface area contributed by atoms with Crippen molar-refractivity contribution in [2.24, 2.45) is 5.10 Å². The van der Waals surface area contributed by atoms with E-state index in [0.717, 1.165) is 27.2 Å². The quantitative estimate of drug-likeness (QED) is 0.269. The topological polar surface area (TPSA) is 37.3 Å². The van der Waals surface area contributed by atoms with E-state index in [1.165, 1.54) is 0 Å². The van der Waals surface area contributed by atoms with E-state index in [1.807, 2.05) is 42.5 Å². The van der Waals surface area contributed by atoms with Crippen molar-refractivity contribution in [2.75, 3.05) is 5.43 Å². The minimum atomic E-state index is 0.550. The Morgan fingerprint density at radius 1 is 0.840 bits per heavy atom. The summed E-state index contributed by atoms with van der Waals surface area (Å²) in [6.45, 7) is 0. The second-order valence-electron chi connectivity index (χ2n) is 5.56. The van der Waals surface area contributed by atoms with Crippen molar-refractivity contribution in [3.63, 3.8) is 0 Å². The van der Waals surface area contributed by atoms with Gasteiger partial charge >= 0.3 is 0 Å². The molecule has 0 saturated heterocycles. The highest BCUT2D eigenvalue weighted by Crippen LogP contribution is 2.29. The monoisotopic (exact) mass is 365 g/mol. The van der Waals surface area contributed by atoms with Crippen LogP contribution in [0.2, 0.25) is 10.0 Å². The van der Waals surface area contributed by atoms with Gasteiger partial charge in [-0.25, -0.2) is 4.98 Å². The maximum atomic E-state index is 6.17. The van der Waals surface area contributed by atoms with Crippen LogP contribution in [0.4, 0.5) is 5.82 Å². The van der Waals surface area contributed by atoms with Crippen molar-refractivity contribution in [3.8, 4) is 0 Å². The van der Waals surface area contributed by atoms with Gasteiger partial charge in [0.15, 0.2) is 5.82 Å². The van der Waals surface area contributed by atoms with Crippen molar-refractivity contribution in [3.05, 3.63) is 82.3 Å². The van der Waals surface area contributed by atoms with E-state index in [-0.39, 0.29) is 0 Å². The van der Waals surface area contributed by atoms with E-state index in [9.17, 15) is 0 Å². The lowest BCUT2D eigenvalue weighted by Crippen LogP contribution is -1.96. The molecule has 4 rings (SSSR count). The molecule has 1 N–H and O–H groups in total. The average Bonchev–Trinajstić information content (AvgIpc) is 2.63. The summed E-state index contributed by atoms with van der Waals surface area (Å²) in [5, 5.41) is 8.71. The summed E-state index contributed by atoms with van der Waals surface area (Å²) >= 11 is 12.1. The number of nitrogens with zero attached hydrogens (tertiary/aromatic N) is 2. The van der Waals surface area contributed by atoms with Crippen LogP contribution in [0.3, 0.4) is 0 Å². The third kappa shape index (κ3) is 3.16. The first kappa shape index (κ1) is 15.9. The van der Waals surface area contributed by atoms with E-state index < -0.39 is 0 Å². The number of nitrogens with one attached hydrogen (secondary N) is 1. The van der Waals surface area contributed by atoms with Crippen LogP contribution in [0, 0.1) is 0 Å². The number of fused-ring (bicyclic) bond motifs is 3. The molecule has 0 aliphatic carbocycles. The average molecular weight is 366 g/mol. The first-order chi connectivity index (χ1) is 12.2. The molecule has 0 saturated carbocycles. The highest BCUT2D eigenvalue weighted by Gasteiger charge is 2.07. The Morgan fingerprint density at radius 2 is 1.56 bits per heavy atom. The molecule has 5 heteroatoms. The summed E-state index contributed by atoms with van der Waals surface area (Å²) in [4.78, 5) is 4.69. The standard InChI is InChI=1S/C20H13Cl2N3/c21-14-10-9-13(18(22)11-14)12-23-25-20-17-7-2-1-5-15(17)16-6-3-4-8-19(16)24-20/h1-12H,(H,24,25). The van der Waals surface area contributed by atoms with Crippen LogP contribution in [0.5, 0.6) is 0 Å². The number of anilines is 1. The van der Waals surface area contributed by atoms with Crippen LogP contribution in [0.15, 0.2) is 71.8 Å². The van der Waals surface area contributed by atoms with Gasteiger partial charge in [0.1, 0.15) is 0 Å². The highest BCUT2D eigenvalue weighted by molar-refractivity contribution is 6.36. The van der Waals surface area contributed by atoms with Crippen molar-refractivity contribution < 1.29 is 0 Å². The molecule has 0 atom stereocenters. The van der Waals surface area contributed by atoms with Crippen LogP contribution < -0.4 is 5.43 Å². The summed E-state index contributed by atoms with van der Waals surface area (Å²) < 4.78 is 0. The van der Waals surface area contributed by atoms with Gasteiger partial charge in [-0.1, -0.05) is 71.7 Å². The number of para-hydroxylation sites is 1. The Kier molecular flexibility index (Phi) is 4.26. The van der Waals surface area contributed by atoms with Crippen molar-refractivity contribution in [1.29, 1.82) is 0 Å². The first-order valence-corrected chi connectivity index (χ1v) is 8.49. The number of aromatic nitrogens is 1. The molecule has 3 nitrogen and oxygen atoms in total. The van der Waals surface area contributed by atoms with Crippen molar-refractivity contribution in [2.45, 2.75) is 0 Å². The molecule has 0 fully saturated rings. The predicted octanol–water partition coefficient (Wildman–Crippen LogP) is 6.14. The zero-order valence-corrected chi connectivity index (χ0v) is 14.6. The summed E-state index contributed by atoms with van der Waals surface area (Å²) in [5.41, 5.74) is 4.74. The van der Waals surface area contributed by atoms with Crippen molar-refractivity contribution in [1.82, 2.24) is 4.98 Å². The van der Waals surface area contributed by atoms with Gasteiger partial charge in [0.05, 0.1) is 16.8 Å². The molecular formula is C20H13Cl2N3. The van der Waals surface area contributed by atoms with Gasteiger partial charge in [-0.05, 0) is 23.6 Å². The number of hydrogen-bond donors (Lipinski definition) is 1. The fourth-order valence-corrected chi connectivity index (χ4v) is 3.22. The molecule has 0 aliphatic rings. The molecule has 0 amide bonds. The Labute approximate surface area is 154 Å². The molecule has 1 heterocycles. The van der Waals surface area contributed by atoms with Gasteiger partial charge in [0, 0.05) is 21.4 Å². The normalized spacial score (nSPS) is 11.4. The SMILES string of the molecule is Clc1ccc(C=NNc2nc3ccccc3c3ccccc23)c(Cl)c1. The molecule has 0 bridgehead atoms. The molecule has 0 aliphatic heterocycles. The number of hydrogen-bond acceptors (Lipinski definition) is 3. The minimum absolute atomic E-state index is 0.550. The molecule has 122 valence electrons. The van der Waals surface area contributed by atoms with Crippen LogP contribution in [0.25, 0.3) is 21.7 Å². The molecular weight excluding hydrogens is 353 g/mol. The lowest BCUT2D eigenvalue weighted by Gasteiger charge is -2.08. The summed E-state index contributed by atoms with van der Waals surface area (Å²) in [5.74, 6) is 0.704. The second kappa shape index (κ2) is 6.71. The van der Waals surface area contributed by atoms with Crippen LogP contribution >= 0.6 is 23.2 Å². The van der Waals surface area contributed by atoms with E-state index >= 15 is 0 Å². The number of rotatable bonds is 3. The van der Waals surface area contributed by atoms with Crippen LogP contribution in [0.1, 0.15) is 5.56 Å². The summed E-state index contributed by atoms with van der Waals surface area (Å²) in [6.07, 6.45) is 1.66. The molecule has 0 radical (unpaired) electrons. The molecule has 25 heavy (non-hydrogen) atoms. The fourth-order valence-electron chi connectivity index (χ4n) is 2.76. The summed E-state index contributed by atoms with van der Waals surface area (Å²) in [7, 11) is 0. The van der Waals surface area contributed by atoms with Gasteiger partial charge in [-0.2, -0.15) is 5.10 Å². The van der Waals surface area contributed by atoms with Gasteiger partial charge in [0.2, 0.25) is 0 Å². The molecule has 1 aromatic heterocycles. The zero-order valence-electron chi connectivity index (χ0n) is 13.1. The fraction of sp³-hybridized carbons (Fsp3) is 0. The first-order valence-electron chi connectivity index (χ1n) is 7.74. The third-order valence-corrected chi connectivity index (χ3v) is 4.51. The number of pyridine rings is 1. The predicted molar refractivity (Wildman–Crippen MR) is 107 cm³/mol. The largest absolute Gasteiger partial charge is 0.261 e. The van der Waals surface area contributed by atoms with E-state index in [2.05, 4.69) is 22.7 Å². The lowest BCUT2D eigenvalue weighted by atomic mass is 10.1. The van der Waals surface area contributed by atoms with Gasteiger partial charge in [-0.3, -0.25) is 5.43 Å². The molecule has 0 unspecified atom stereocenters. The molecule has 0 spiro atoms. The van der Waals surface area contributed by atoms with E-state index in [0.29, 0.717) is 15.9 Å². The van der Waals surface area contributed by atoms with Crippen molar-refractivity contribution >= 4 is 56.9 Å². The van der Waals surface area contributed by atoms with Gasteiger partial charge in [0.25, 0.3) is 0 Å². The second-order valence-corrected chi connectivity index (χ2v) is 6.40. The Balaban J connectivity index is 1.74. The Morgan fingerprint density at radius 3 is 2.36 bits per heavy atom. The maximum absolute atomic E-state index is 6.17. The lowest BCUT2D eigenvalue weighted by molar-refractivity contribution is 1.28. The molecule has 4 aromatic rings. The zero-order chi connectivity index (χ0) is 17.2. The maximum Gasteiger partial charge on any atom is 0.154 e. The van der Waals surface area contributed by atoms with E-state index in [4.69, 9.17) is 28.2 Å². The minimum Gasteiger partial charge on any atom is -0.261 e. The number of halogens is 2. The van der Waals surface area contributed by atoms with Gasteiger partial charge in [-0.15, -0.1) is 0 Å². The molecule has 3 aromatic carbocycles. The van der Waals surface area contributed by atoms with Gasteiger partial charge < -0.3 is 0 Å². The smallest absolute Gasteiger partial charge is 0.154 e. The third-order valence-electron chi connectivity index (χ3n) is 3.95.